The lowest BCUT2D eigenvalue weighted by molar-refractivity contribution is -0.136. The predicted octanol–water partition coefficient (Wildman–Crippen LogP) is 3.80. The maximum absolute atomic E-state index is 11.1. The fraction of sp³-hybridized carbons (Fsp3) is 0.500. The number of esters is 1. The van der Waals surface area contributed by atoms with Crippen molar-refractivity contribution in [2.75, 3.05) is 7.11 Å². The molecular formula is C14H22O2. The molecule has 0 aromatic rings. The summed E-state index contributed by atoms with van der Waals surface area (Å²) in [4.78, 5) is 11.1. The second-order valence-corrected chi connectivity index (χ2v) is 4.17. The Hall–Kier alpha value is -1.31. The molecule has 0 saturated heterocycles. The van der Waals surface area contributed by atoms with Crippen LogP contribution in [0.15, 0.2) is 35.5 Å². The van der Waals surface area contributed by atoms with Crippen LogP contribution in [0.4, 0.5) is 0 Å². The Bertz CT molecular complexity index is 305. The topological polar surface area (TPSA) is 26.3 Å². The second kappa shape index (κ2) is 7.91. The molecule has 0 atom stereocenters. The third kappa shape index (κ3) is 7.04. The molecule has 0 spiro atoms. The monoisotopic (exact) mass is 222 g/mol. The van der Waals surface area contributed by atoms with Crippen LogP contribution in [0.3, 0.4) is 0 Å². The summed E-state index contributed by atoms with van der Waals surface area (Å²) >= 11 is 0. The van der Waals surface area contributed by atoms with E-state index in [4.69, 9.17) is 0 Å². The van der Waals surface area contributed by atoms with Gasteiger partial charge in [0.15, 0.2) is 0 Å². The van der Waals surface area contributed by atoms with Gasteiger partial charge in [0, 0.05) is 5.57 Å². The minimum atomic E-state index is -0.326. The molecule has 0 fully saturated rings. The predicted molar refractivity (Wildman–Crippen MR) is 68.2 cm³/mol. The molecule has 0 amide bonds. The van der Waals surface area contributed by atoms with Crippen molar-refractivity contribution in [1.82, 2.24) is 0 Å². The third-order valence-electron chi connectivity index (χ3n) is 2.26. The van der Waals surface area contributed by atoms with Crippen LogP contribution in [0.25, 0.3) is 0 Å². The Labute approximate surface area is 98.7 Å². The molecule has 2 nitrogen and oxygen atoms in total. The van der Waals surface area contributed by atoms with Crippen molar-refractivity contribution in [2.24, 2.45) is 0 Å². The van der Waals surface area contributed by atoms with Gasteiger partial charge in [0.25, 0.3) is 0 Å². The molecule has 0 aliphatic carbocycles. The number of hydrogen-bond acceptors (Lipinski definition) is 2. The molecule has 0 saturated carbocycles. The van der Waals surface area contributed by atoms with Crippen molar-refractivity contribution < 1.29 is 9.53 Å². The van der Waals surface area contributed by atoms with Crippen molar-refractivity contribution in [3.8, 4) is 0 Å². The molecule has 0 aliphatic rings. The SMILES string of the molecule is C=C(C/C=C(\C)CCC=C(C)C)C(=O)OC. The largest absolute Gasteiger partial charge is 0.466 e. The van der Waals surface area contributed by atoms with E-state index in [-0.39, 0.29) is 5.97 Å². The van der Waals surface area contributed by atoms with Gasteiger partial charge < -0.3 is 4.74 Å². The van der Waals surface area contributed by atoms with Gasteiger partial charge in [-0.1, -0.05) is 29.9 Å². The van der Waals surface area contributed by atoms with E-state index in [1.165, 1.54) is 18.3 Å². The summed E-state index contributed by atoms with van der Waals surface area (Å²) < 4.78 is 4.58. The Balaban J connectivity index is 4.00. The van der Waals surface area contributed by atoms with E-state index in [0.29, 0.717) is 12.0 Å². The number of carbonyl (C=O) groups excluding carboxylic acids is 1. The Morgan fingerprint density at radius 3 is 2.38 bits per heavy atom. The van der Waals surface area contributed by atoms with E-state index in [9.17, 15) is 4.79 Å². The molecule has 0 aliphatic heterocycles. The van der Waals surface area contributed by atoms with Crippen molar-refractivity contribution in [3.05, 3.63) is 35.5 Å². The summed E-state index contributed by atoms with van der Waals surface area (Å²) in [5.74, 6) is -0.326. The number of allylic oxidation sites excluding steroid dienone is 4. The van der Waals surface area contributed by atoms with Crippen molar-refractivity contribution in [3.63, 3.8) is 0 Å². The van der Waals surface area contributed by atoms with Crippen LogP contribution >= 0.6 is 0 Å². The van der Waals surface area contributed by atoms with E-state index in [2.05, 4.69) is 38.2 Å². The second-order valence-electron chi connectivity index (χ2n) is 4.17. The Kier molecular flexibility index (Phi) is 7.27. The maximum atomic E-state index is 11.1. The van der Waals surface area contributed by atoms with Crippen LogP contribution in [0.5, 0.6) is 0 Å². The van der Waals surface area contributed by atoms with Crippen LogP contribution in [-0.2, 0) is 9.53 Å². The van der Waals surface area contributed by atoms with Gasteiger partial charge in [-0.25, -0.2) is 4.79 Å². The van der Waals surface area contributed by atoms with Gasteiger partial charge in [-0.2, -0.15) is 0 Å². The first-order chi connectivity index (χ1) is 7.47. The van der Waals surface area contributed by atoms with E-state index >= 15 is 0 Å². The number of ether oxygens (including phenoxy) is 1. The van der Waals surface area contributed by atoms with Gasteiger partial charge in [-0.3, -0.25) is 0 Å². The van der Waals surface area contributed by atoms with Gasteiger partial charge >= 0.3 is 5.97 Å². The Morgan fingerprint density at radius 2 is 1.88 bits per heavy atom. The summed E-state index contributed by atoms with van der Waals surface area (Å²) in [5, 5.41) is 0. The fourth-order valence-electron chi connectivity index (χ4n) is 1.22. The minimum absolute atomic E-state index is 0.326. The highest BCUT2D eigenvalue weighted by Crippen LogP contribution is 2.10. The molecule has 16 heavy (non-hydrogen) atoms. The molecule has 90 valence electrons. The summed E-state index contributed by atoms with van der Waals surface area (Å²) in [5.41, 5.74) is 3.12. The molecule has 0 radical (unpaired) electrons. The zero-order valence-corrected chi connectivity index (χ0v) is 10.8. The lowest BCUT2D eigenvalue weighted by Gasteiger charge is -2.01. The van der Waals surface area contributed by atoms with E-state index in [1.807, 2.05) is 6.08 Å². The van der Waals surface area contributed by atoms with Crippen molar-refractivity contribution >= 4 is 5.97 Å². The number of carbonyl (C=O) groups is 1. The lowest BCUT2D eigenvalue weighted by atomic mass is 10.1. The van der Waals surface area contributed by atoms with Crippen molar-refractivity contribution in [2.45, 2.75) is 40.0 Å². The normalized spacial score (nSPS) is 10.9. The first-order valence-corrected chi connectivity index (χ1v) is 5.52. The highest BCUT2D eigenvalue weighted by Gasteiger charge is 2.03. The molecule has 2 heteroatoms. The Morgan fingerprint density at radius 1 is 1.25 bits per heavy atom. The molecule has 0 aromatic carbocycles. The zero-order valence-electron chi connectivity index (χ0n) is 10.8. The van der Waals surface area contributed by atoms with Crippen LogP contribution in [0, 0.1) is 0 Å². The van der Waals surface area contributed by atoms with Gasteiger partial charge in [0.1, 0.15) is 0 Å². The van der Waals surface area contributed by atoms with Gasteiger partial charge in [-0.05, 0) is 40.0 Å². The number of methoxy groups -OCH3 is 1. The minimum Gasteiger partial charge on any atom is -0.466 e. The average Bonchev–Trinajstić information content (AvgIpc) is 2.24. The molecular weight excluding hydrogens is 200 g/mol. The molecule has 0 heterocycles. The first-order valence-electron chi connectivity index (χ1n) is 5.52. The van der Waals surface area contributed by atoms with Gasteiger partial charge in [0.05, 0.1) is 7.11 Å². The van der Waals surface area contributed by atoms with Gasteiger partial charge in [0.2, 0.25) is 0 Å². The molecule has 0 rings (SSSR count). The first kappa shape index (κ1) is 14.7. The van der Waals surface area contributed by atoms with Gasteiger partial charge in [-0.15, -0.1) is 0 Å². The molecule has 0 aromatic heterocycles. The fourth-order valence-corrected chi connectivity index (χ4v) is 1.22. The summed E-state index contributed by atoms with van der Waals surface area (Å²) in [6.45, 7) is 9.94. The zero-order chi connectivity index (χ0) is 12.6. The highest BCUT2D eigenvalue weighted by molar-refractivity contribution is 5.87. The lowest BCUT2D eigenvalue weighted by Crippen LogP contribution is -2.02. The van der Waals surface area contributed by atoms with Crippen LogP contribution in [-0.4, -0.2) is 13.1 Å². The molecule has 0 bridgehead atoms. The van der Waals surface area contributed by atoms with Crippen LogP contribution in [0.1, 0.15) is 40.0 Å². The average molecular weight is 222 g/mol. The van der Waals surface area contributed by atoms with Crippen molar-refractivity contribution in [1.29, 1.82) is 0 Å². The quantitative estimate of drug-likeness (QED) is 0.388. The van der Waals surface area contributed by atoms with E-state index < -0.39 is 0 Å². The smallest absolute Gasteiger partial charge is 0.333 e. The number of hydrogen-bond donors (Lipinski definition) is 0. The van der Waals surface area contributed by atoms with Crippen LogP contribution < -0.4 is 0 Å². The third-order valence-corrected chi connectivity index (χ3v) is 2.26. The molecule has 0 N–H and O–H groups in total. The summed E-state index contributed by atoms with van der Waals surface area (Å²) in [7, 11) is 1.37. The van der Waals surface area contributed by atoms with Crippen LogP contribution in [0.2, 0.25) is 0 Å². The highest BCUT2D eigenvalue weighted by atomic mass is 16.5. The summed E-state index contributed by atoms with van der Waals surface area (Å²) in [6, 6.07) is 0. The van der Waals surface area contributed by atoms with E-state index in [1.54, 1.807) is 0 Å². The standard InChI is InChI=1S/C14H22O2/c1-11(2)7-6-8-12(3)9-10-13(4)14(15)16-5/h7,9H,4,6,8,10H2,1-3,5H3/b12-9+. The number of rotatable bonds is 6. The molecule has 0 unspecified atom stereocenters. The summed E-state index contributed by atoms with van der Waals surface area (Å²) in [6.07, 6.45) is 6.91. The van der Waals surface area contributed by atoms with E-state index in [0.717, 1.165) is 12.8 Å². The maximum Gasteiger partial charge on any atom is 0.333 e.